The normalized spacial score (nSPS) is 15.4. The molecular weight excluding hydrogens is 216 g/mol. The van der Waals surface area contributed by atoms with Crippen LogP contribution in [-0.4, -0.2) is 41.9 Å². The van der Waals surface area contributed by atoms with Crippen LogP contribution < -0.4 is 9.80 Å². The van der Waals surface area contributed by atoms with E-state index >= 15 is 0 Å². The number of carbonyl (C=O) groups is 1. The third-order valence-electron chi connectivity index (χ3n) is 3.08. The van der Waals surface area contributed by atoms with Crippen LogP contribution in [0.3, 0.4) is 0 Å². The zero-order valence-corrected chi connectivity index (χ0v) is 10.4. The van der Waals surface area contributed by atoms with Crippen molar-refractivity contribution in [2.24, 2.45) is 0 Å². The molecule has 1 fully saturated rings. The Morgan fingerprint density at radius 2 is 2.12 bits per heavy atom. The number of Topliss-reactive ketones (excluding diaryl/α,β-unsaturated/α-hetero) is 1. The van der Waals surface area contributed by atoms with Crippen LogP contribution in [0.25, 0.3) is 0 Å². The van der Waals surface area contributed by atoms with E-state index in [1.54, 1.807) is 6.33 Å². The Balaban J connectivity index is 2.19. The van der Waals surface area contributed by atoms with Gasteiger partial charge in [-0.2, -0.15) is 0 Å². The summed E-state index contributed by atoms with van der Waals surface area (Å²) in [6.45, 7) is 7.30. The third kappa shape index (κ3) is 2.54. The van der Waals surface area contributed by atoms with Gasteiger partial charge in [0.1, 0.15) is 18.0 Å². The SMILES string of the molecule is CCN(CC)c1cc(N2CCC(=O)C2)ncn1. The minimum absolute atomic E-state index is 0.285. The molecule has 2 rings (SSSR count). The van der Waals surface area contributed by atoms with Gasteiger partial charge in [-0.05, 0) is 13.8 Å². The van der Waals surface area contributed by atoms with E-state index in [-0.39, 0.29) is 5.78 Å². The Morgan fingerprint density at radius 1 is 1.35 bits per heavy atom. The maximum absolute atomic E-state index is 11.3. The van der Waals surface area contributed by atoms with Gasteiger partial charge in [0.05, 0.1) is 6.54 Å². The summed E-state index contributed by atoms with van der Waals surface area (Å²) in [7, 11) is 0. The quantitative estimate of drug-likeness (QED) is 0.781. The van der Waals surface area contributed by atoms with E-state index < -0.39 is 0 Å². The first kappa shape index (κ1) is 11.8. The van der Waals surface area contributed by atoms with Gasteiger partial charge in [-0.25, -0.2) is 9.97 Å². The van der Waals surface area contributed by atoms with Gasteiger partial charge in [-0.15, -0.1) is 0 Å². The molecule has 0 bridgehead atoms. The minimum Gasteiger partial charge on any atom is -0.357 e. The molecule has 0 atom stereocenters. The number of rotatable bonds is 4. The second-order valence-corrected chi connectivity index (χ2v) is 4.12. The second kappa shape index (κ2) is 5.12. The molecule has 5 nitrogen and oxygen atoms in total. The summed E-state index contributed by atoms with van der Waals surface area (Å²) in [5.41, 5.74) is 0. The Kier molecular flexibility index (Phi) is 3.56. The third-order valence-corrected chi connectivity index (χ3v) is 3.08. The van der Waals surface area contributed by atoms with E-state index in [1.807, 2.05) is 11.0 Å². The van der Waals surface area contributed by atoms with Gasteiger partial charge in [-0.3, -0.25) is 4.79 Å². The highest BCUT2D eigenvalue weighted by Gasteiger charge is 2.21. The van der Waals surface area contributed by atoms with Crippen molar-refractivity contribution in [2.45, 2.75) is 20.3 Å². The van der Waals surface area contributed by atoms with Crippen LogP contribution in [0.4, 0.5) is 11.6 Å². The zero-order valence-electron chi connectivity index (χ0n) is 10.4. The Morgan fingerprint density at radius 3 is 2.71 bits per heavy atom. The standard InChI is InChI=1S/C12H18N4O/c1-3-15(4-2)11-7-12(14-9-13-11)16-6-5-10(17)8-16/h7,9H,3-6,8H2,1-2H3. The fourth-order valence-corrected chi connectivity index (χ4v) is 2.06. The molecule has 0 spiro atoms. The number of hydrogen-bond donors (Lipinski definition) is 0. The Bertz CT molecular complexity index is 403. The number of hydrogen-bond acceptors (Lipinski definition) is 5. The van der Waals surface area contributed by atoms with Crippen molar-refractivity contribution >= 4 is 17.4 Å². The predicted octanol–water partition coefficient (Wildman–Crippen LogP) is 1.10. The number of nitrogens with zero attached hydrogens (tertiary/aromatic N) is 4. The molecule has 92 valence electrons. The number of anilines is 2. The van der Waals surface area contributed by atoms with Crippen molar-refractivity contribution in [1.29, 1.82) is 0 Å². The monoisotopic (exact) mass is 234 g/mol. The average Bonchev–Trinajstić information content (AvgIpc) is 2.78. The van der Waals surface area contributed by atoms with Gasteiger partial charge in [0.2, 0.25) is 0 Å². The molecule has 1 saturated heterocycles. The molecule has 1 aliphatic rings. The number of carbonyl (C=O) groups excluding carboxylic acids is 1. The molecule has 17 heavy (non-hydrogen) atoms. The summed E-state index contributed by atoms with van der Waals surface area (Å²) in [5, 5.41) is 0. The van der Waals surface area contributed by atoms with Crippen LogP contribution in [-0.2, 0) is 4.79 Å². The van der Waals surface area contributed by atoms with E-state index in [1.165, 1.54) is 0 Å². The van der Waals surface area contributed by atoms with E-state index in [4.69, 9.17) is 0 Å². The summed E-state index contributed by atoms with van der Waals surface area (Å²) in [6, 6.07) is 1.96. The largest absolute Gasteiger partial charge is 0.357 e. The summed E-state index contributed by atoms with van der Waals surface area (Å²) in [5.74, 6) is 2.07. The molecule has 0 amide bonds. The Hall–Kier alpha value is -1.65. The Labute approximate surface area is 101 Å². The molecular formula is C12H18N4O. The summed E-state index contributed by atoms with van der Waals surface area (Å²) in [6.07, 6.45) is 2.20. The van der Waals surface area contributed by atoms with Gasteiger partial charge in [0, 0.05) is 32.1 Å². The lowest BCUT2D eigenvalue weighted by atomic mass is 10.4. The molecule has 2 heterocycles. The topological polar surface area (TPSA) is 49.3 Å². The van der Waals surface area contributed by atoms with Crippen LogP contribution in [0, 0.1) is 0 Å². The molecule has 0 aromatic carbocycles. The highest BCUT2D eigenvalue weighted by atomic mass is 16.1. The van der Waals surface area contributed by atoms with Gasteiger partial charge >= 0.3 is 0 Å². The highest BCUT2D eigenvalue weighted by molar-refractivity contribution is 5.86. The molecule has 0 N–H and O–H groups in total. The van der Waals surface area contributed by atoms with E-state index in [0.717, 1.165) is 31.3 Å². The summed E-state index contributed by atoms with van der Waals surface area (Å²) >= 11 is 0. The van der Waals surface area contributed by atoms with E-state index in [9.17, 15) is 4.79 Å². The van der Waals surface area contributed by atoms with Crippen LogP contribution in [0.1, 0.15) is 20.3 Å². The van der Waals surface area contributed by atoms with E-state index in [0.29, 0.717) is 13.0 Å². The fourth-order valence-electron chi connectivity index (χ4n) is 2.06. The zero-order chi connectivity index (χ0) is 12.3. The first-order valence-corrected chi connectivity index (χ1v) is 6.08. The smallest absolute Gasteiger partial charge is 0.153 e. The van der Waals surface area contributed by atoms with Gasteiger partial charge in [0.15, 0.2) is 5.78 Å². The molecule has 0 saturated carbocycles. The minimum atomic E-state index is 0.285. The number of aromatic nitrogens is 2. The number of ketones is 1. The van der Waals surface area contributed by atoms with Crippen LogP contribution in [0.2, 0.25) is 0 Å². The van der Waals surface area contributed by atoms with Crippen molar-refractivity contribution < 1.29 is 4.79 Å². The van der Waals surface area contributed by atoms with Crippen molar-refractivity contribution in [1.82, 2.24) is 9.97 Å². The average molecular weight is 234 g/mol. The van der Waals surface area contributed by atoms with Crippen LogP contribution >= 0.6 is 0 Å². The molecule has 0 radical (unpaired) electrons. The van der Waals surface area contributed by atoms with Crippen LogP contribution in [0.15, 0.2) is 12.4 Å². The summed E-state index contributed by atoms with van der Waals surface area (Å²) in [4.78, 5) is 24.0. The highest BCUT2D eigenvalue weighted by Crippen LogP contribution is 2.19. The maximum Gasteiger partial charge on any atom is 0.153 e. The molecule has 1 aliphatic heterocycles. The first-order chi connectivity index (χ1) is 8.24. The van der Waals surface area contributed by atoms with E-state index in [2.05, 4.69) is 28.7 Å². The molecule has 0 unspecified atom stereocenters. The second-order valence-electron chi connectivity index (χ2n) is 4.12. The van der Waals surface area contributed by atoms with Gasteiger partial charge < -0.3 is 9.80 Å². The molecule has 5 heteroatoms. The lowest BCUT2D eigenvalue weighted by Gasteiger charge is -2.22. The van der Waals surface area contributed by atoms with Crippen LogP contribution in [0.5, 0.6) is 0 Å². The van der Waals surface area contributed by atoms with Crippen molar-refractivity contribution in [3.8, 4) is 0 Å². The lowest BCUT2D eigenvalue weighted by molar-refractivity contribution is -0.116. The van der Waals surface area contributed by atoms with Gasteiger partial charge in [-0.1, -0.05) is 0 Å². The fraction of sp³-hybridized carbons (Fsp3) is 0.583. The predicted molar refractivity (Wildman–Crippen MR) is 67.4 cm³/mol. The first-order valence-electron chi connectivity index (χ1n) is 6.08. The van der Waals surface area contributed by atoms with Gasteiger partial charge in [0.25, 0.3) is 0 Å². The summed E-state index contributed by atoms with van der Waals surface area (Å²) < 4.78 is 0. The molecule has 0 aliphatic carbocycles. The maximum atomic E-state index is 11.3. The lowest BCUT2D eigenvalue weighted by Crippen LogP contribution is -2.25. The van der Waals surface area contributed by atoms with Crippen molar-refractivity contribution in [3.63, 3.8) is 0 Å². The molecule has 1 aromatic rings. The van der Waals surface area contributed by atoms with Crippen molar-refractivity contribution in [2.75, 3.05) is 36.0 Å². The molecule has 1 aromatic heterocycles. The van der Waals surface area contributed by atoms with Crippen molar-refractivity contribution in [3.05, 3.63) is 12.4 Å².